The van der Waals surface area contributed by atoms with Gasteiger partial charge in [0.1, 0.15) is 5.72 Å². The Bertz CT molecular complexity index is 772. The van der Waals surface area contributed by atoms with Gasteiger partial charge in [0.15, 0.2) is 0 Å². The number of ether oxygens (including phenoxy) is 1. The average molecular weight is 430 g/mol. The van der Waals surface area contributed by atoms with Crippen LogP contribution in [0.1, 0.15) is 79.1 Å². The van der Waals surface area contributed by atoms with E-state index in [0.29, 0.717) is 29.6 Å². The predicted octanol–water partition coefficient (Wildman–Crippen LogP) is 4.26. The minimum absolute atomic E-state index is 0.0463. The maximum Gasteiger partial charge on any atom is 0.122 e. The average Bonchev–Trinajstić information content (AvgIpc) is 3.18. The van der Waals surface area contributed by atoms with Gasteiger partial charge in [-0.25, -0.2) is 0 Å². The molecule has 2 aliphatic heterocycles. The zero-order valence-corrected chi connectivity index (χ0v) is 19.9. The standard InChI is InChI=1S/C27H43NO3/c1-15-7-10-27(28-14-15)16(2)24-22(31-27)12-21-19-6-5-17-11-18(29)8-9-25(17,3)20(19)13-23(30)26(21,24)4/h5,15-16,18-24,28-30H,6-14H2,1-4H3/t15-,16+,18+,19-,20+,21+,22+,23-,24+,25+,26-,27-/m1/s1. The van der Waals surface area contributed by atoms with E-state index in [2.05, 4.69) is 39.1 Å². The summed E-state index contributed by atoms with van der Waals surface area (Å²) in [4.78, 5) is 0. The Morgan fingerprint density at radius 2 is 1.87 bits per heavy atom. The second-order valence-corrected chi connectivity index (χ2v) is 12.9. The van der Waals surface area contributed by atoms with Crippen molar-refractivity contribution in [3.8, 4) is 0 Å². The molecule has 6 aliphatic rings. The Hall–Kier alpha value is -0.420. The molecule has 0 aromatic heterocycles. The maximum absolute atomic E-state index is 11.8. The summed E-state index contributed by atoms with van der Waals surface area (Å²) in [6.07, 6.45) is 10.7. The fraction of sp³-hybridized carbons (Fsp3) is 0.926. The number of aliphatic hydroxyl groups excluding tert-OH is 2. The largest absolute Gasteiger partial charge is 0.393 e. The van der Waals surface area contributed by atoms with Crippen LogP contribution in [-0.4, -0.2) is 40.8 Å². The first kappa shape index (κ1) is 21.1. The lowest BCUT2D eigenvalue weighted by Crippen LogP contribution is -2.59. The first-order valence-corrected chi connectivity index (χ1v) is 13.2. The zero-order valence-electron chi connectivity index (χ0n) is 19.9. The van der Waals surface area contributed by atoms with Gasteiger partial charge in [0, 0.05) is 17.9 Å². The van der Waals surface area contributed by atoms with E-state index in [1.165, 1.54) is 12.0 Å². The van der Waals surface area contributed by atoms with E-state index in [9.17, 15) is 10.2 Å². The highest BCUT2D eigenvalue weighted by Gasteiger charge is 2.70. The molecule has 6 rings (SSSR count). The van der Waals surface area contributed by atoms with Gasteiger partial charge >= 0.3 is 0 Å². The highest BCUT2D eigenvalue weighted by atomic mass is 16.5. The molecule has 0 bridgehead atoms. The Balaban J connectivity index is 1.32. The molecule has 0 amide bonds. The number of piperidine rings is 1. The van der Waals surface area contributed by atoms with Gasteiger partial charge in [-0.05, 0) is 86.4 Å². The molecule has 3 saturated carbocycles. The fourth-order valence-corrected chi connectivity index (χ4v) is 9.79. The number of hydrogen-bond donors (Lipinski definition) is 3. The Morgan fingerprint density at radius 1 is 1.06 bits per heavy atom. The first-order valence-electron chi connectivity index (χ1n) is 13.2. The first-order chi connectivity index (χ1) is 14.7. The topological polar surface area (TPSA) is 61.7 Å². The molecule has 4 aliphatic carbocycles. The maximum atomic E-state index is 11.8. The van der Waals surface area contributed by atoms with Gasteiger partial charge in [-0.1, -0.05) is 39.3 Å². The molecule has 0 aromatic carbocycles. The van der Waals surface area contributed by atoms with Crippen molar-refractivity contribution in [2.24, 2.45) is 46.3 Å². The van der Waals surface area contributed by atoms with Crippen molar-refractivity contribution in [3.63, 3.8) is 0 Å². The summed E-state index contributed by atoms with van der Waals surface area (Å²) in [6.45, 7) is 10.6. The van der Waals surface area contributed by atoms with Crippen LogP contribution in [0.5, 0.6) is 0 Å². The third-order valence-electron chi connectivity index (χ3n) is 11.7. The van der Waals surface area contributed by atoms with Gasteiger partial charge in [-0.2, -0.15) is 0 Å². The molecule has 5 fully saturated rings. The van der Waals surface area contributed by atoms with Crippen LogP contribution in [0, 0.1) is 46.3 Å². The van der Waals surface area contributed by atoms with Crippen molar-refractivity contribution in [1.82, 2.24) is 5.32 Å². The van der Waals surface area contributed by atoms with Crippen molar-refractivity contribution >= 4 is 0 Å². The van der Waals surface area contributed by atoms with Crippen molar-refractivity contribution < 1.29 is 14.9 Å². The molecule has 0 aromatic rings. The van der Waals surface area contributed by atoms with Gasteiger partial charge in [0.05, 0.1) is 18.3 Å². The van der Waals surface area contributed by atoms with Crippen molar-refractivity contribution in [3.05, 3.63) is 11.6 Å². The molecule has 4 heteroatoms. The highest BCUT2D eigenvalue weighted by Crippen LogP contribution is 2.70. The Kier molecular flexibility index (Phi) is 4.64. The summed E-state index contributed by atoms with van der Waals surface area (Å²) in [5, 5.41) is 25.9. The summed E-state index contributed by atoms with van der Waals surface area (Å²) in [6, 6.07) is 0. The van der Waals surface area contributed by atoms with Crippen LogP contribution in [0.15, 0.2) is 11.6 Å². The molecule has 3 N–H and O–H groups in total. The number of nitrogens with one attached hydrogen (secondary N) is 1. The van der Waals surface area contributed by atoms with Gasteiger partial charge in [-0.3, -0.25) is 5.32 Å². The third-order valence-corrected chi connectivity index (χ3v) is 11.7. The molecular formula is C27H43NO3. The van der Waals surface area contributed by atoms with Gasteiger partial charge in [-0.15, -0.1) is 0 Å². The zero-order chi connectivity index (χ0) is 21.8. The lowest BCUT2D eigenvalue weighted by molar-refractivity contribution is -0.146. The van der Waals surface area contributed by atoms with Crippen LogP contribution in [0.2, 0.25) is 0 Å². The summed E-state index contributed by atoms with van der Waals surface area (Å²) in [7, 11) is 0. The third kappa shape index (κ3) is 2.68. The van der Waals surface area contributed by atoms with Crippen LogP contribution >= 0.6 is 0 Å². The number of fused-ring (bicyclic) bond motifs is 7. The SMILES string of the molecule is C[C@@H]1CC[C@@]2(NC1)O[C@H]1C[C@H]3[C@@H]4CC=C5C[C@@H](O)CC[C@]5(C)[C@H]4C[C@@H](O)[C@]3(C)[C@H]1[C@@H]2C. The van der Waals surface area contributed by atoms with Gasteiger partial charge in [0.25, 0.3) is 0 Å². The quantitative estimate of drug-likeness (QED) is 0.504. The smallest absolute Gasteiger partial charge is 0.122 e. The van der Waals surface area contributed by atoms with E-state index in [4.69, 9.17) is 4.74 Å². The summed E-state index contributed by atoms with van der Waals surface area (Å²) < 4.78 is 6.93. The van der Waals surface area contributed by atoms with E-state index < -0.39 is 0 Å². The van der Waals surface area contributed by atoms with Crippen LogP contribution in [0.4, 0.5) is 0 Å². The highest BCUT2D eigenvalue weighted by molar-refractivity contribution is 5.27. The van der Waals surface area contributed by atoms with Gasteiger partial charge in [0.2, 0.25) is 0 Å². The normalized spacial score (nSPS) is 60.7. The lowest BCUT2D eigenvalue weighted by atomic mass is 9.46. The number of hydrogen-bond acceptors (Lipinski definition) is 4. The van der Waals surface area contributed by atoms with Crippen LogP contribution in [-0.2, 0) is 4.74 Å². The lowest BCUT2D eigenvalue weighted by Gasteiger charge is -2.60. The molecule has 1 spiro atoms. The minimum Gasteiger partial charge on any atom is -0.393 e. The van der Waals surface area contributed by atoms with Crippen LogP contribution in [0.3, 0.4) is 0 Å². The van der Waals surface area contributed by atoms with E-state index in [1.54, 1.807) is 0 Å². The molecule has 0 radical (unpaired) electrons. The molecule has 12 atom stereocenters. The predicted molar refractivity (Wildman–Crippen MR) is 121 cm³/mol. The number of rotatable bonds is 0. The molecule has 2 heterocycles. The van der Waals surface area contributed by atoms with Crippen LogP contribution in [0.25, 0.3) is 0 Å². The monoisotopic (exact) mass is 429 g/mol. The van der Waals surface area contributed by atoms with Crippen LogP contribution < -0.4 is 5.32 Å². The molecule has 31 heavy (non-hydrogen) atoms. The second-order valence-electron chi connectivity index (χ2n) is 12.9. The van der Waals surface area contributed by atoms with Crippen molar-refractivity contribution in [2.75, 3.05) is 6.54 Å². The Morgan fingerprint density at radius 3 is 2.61 bits per heavy atom. The summed E-state index contributed by atoms with van der Waals surface area (Å²) >= 11 is 0. The Labute approximate surface area is 188 Å². The summed E-state index contributed by atoms with van der Waals surface area (Å²) in [5.41, 5.74) is 1.43. The van der Waals surface area contributed by atoms with Gasteiger partial charge < -0.3 is 14.9 Å². The van der Waals surface area contributed by atoms with E-state index in [1.807, 2.05) is 0 Å². The van der Waals surface area contributed by atoms with E-state index in [-0.39, 0.29) is 34.9 Å². The molecule has 2 saturated heterocycles. The molecule has 0 unspecified atom stereocenters. The number of allylic oxidation sites excluding steroid dienone is 1. The van der Waals surface area contributed by atoms with Crippen molar-refractivity contribution in [2.45, 2.75) is 103 Å². The molecular weight excluding hydrogens is 386 g/mol. The second kappa shape index (κ2) is 6.81. The fourth-order valence-electron chi connectivity index (χ4n) is 9.79. The molecule has 4 nitrogen and oxygen atoms in total. The number of aliphatic hydroxyl groups is 2. The molecule has 174 valence electrons. The van der Waals surface area contributed by atoms with E-state index >= 15 is 0 Å². The summed E-state index contributed by atoms with van der Waals surface area (Å²) in [5.74, 6) is 3.35. The van der Waals surface area contributed by atoms with Crippen molar-refractivity contribution in [1.29, 1.82) is 0 Å². The van der Waals surface area contributed by atoms with E-state index in [0.717, 1.165) is 57.4 Å². The minimum atomic E-state index is -0.250.